The number of ether oxygens (including phenoxy) is 2. The Morgan fingerprint density at radius 3 is 2.12 bits per heavy atom. The fraction of sp³-hybridized carbons (Fsp3) is 0.308. The van der Waals surface area contributed by atoms with E-state index in [1.54, 1.807) is 24.3 Å². The molecule has 0 radical (unpaired) electrons. The van der Waals surface area contributed by atoms with E-state index in [9.17, 15) is 36.2 Å². The molecule has 0 saturated heterocycles. The standard InChI is InChI=1S/C26H27ClF4N2O6S/c1-40(36,37)33-21-12-16(4-8-22(21)35)10-19(34)14-32-20(11-15-2-6-18(27)7-3-15)17-5-9-23(38-25(28)29)24(13-17)39-26(30)31/h2-9,12-13,19-20,25-26,32-35H,10-11,14H2,1H3/t19-,20+/m0/s1. The third-order valence-electron chi connectivity index (χ3n) is 5.58. The molecule has 3 rings (SSSR count). The Morgan fingerprint density at radius 2 is 1.50 bits per heavy atom. The van der Waals surface area contributed by atoms with Crippen LogP contribution in [0, 0.1) is 0 Å². The second-order valence-electron chi connectivity index (χ2n) is 8.84. The summed E-state index contributed by atoms with van der Waals surface area (Å²) in [4.78, 5) is 0. The maximum absolute atomic E-state index is 13.0. The lowest BCUT2D eigenvalue weighted by Crippen LogP contribution is -2.32. The maximum atomic E-state index is 13.0. The van der Waals surface area contributed by atoms with Crippen LogP contribution >= 0.6 is 11.6 Å². The van der Waals surface area contributed by atoms with E-state index in [0.29, 0.717) is 22.6 Å². The minimum atomic E-state index is -3.65. The van der Waals surface area contributed by atoms with Gasteiger partial charge in [0.25, 0.3) is 0 Å². The molecule has 40 heavy (non-hydrogen) atoms. The van der Waals surface area contributed by atoms with Gasteiger partial charge in [0.15, 0.2) is 11.5 Å². The highest BCUT2D eigenvalue weighted by molar-refractivity contribution is 7.92. The number of nitrogens with one attached hydrogen (secondary N) is 2. The average molecular weight is 607 g/mol. The number of aromatic hydroxyl groups is 1. The molecule has 0 saturated carbocycles. The van der Waals surface area contributed by atoms with Crippen LogP contribution in [0.1, 0.15) is 22.7 Å². The van der Waals surface area contributed by atoms with Crippen molar-refractivity contribution in [3.05, 3.63) is 82.4 Å². The van der Waals surface area contributed by atoms with Gasteiger partial charge in [-0.15, -0.1) is 0 Å². The largest absolute Gasteiger partial charge is 0.506 e. The highest BCUT2D eigenvalue weighted by Crippen LogP contribution is 2.34. The van der Waals surface area contributed by atoms with Crippen LogP contribution in [-0.2, 0) is 22.9 Å². The highest BCUT2D eigenvalue weighted by atomic mass is 35.5. The molecular formula is C26H27ClF4N2O6S. The number of hydrogen-bond acceptors (Lipinski definition) is 7. The van der Waals surface area contributed by atoms with E-state index in [4.69, 9.17) is 11.6 Å². The number of sulfonamides is 1. The summed E-state index contributed by atoms with van der Waals surface area (Å²) in [5.41, 5.74) is 1.67. The van der Waals surface area contributed by atoms with E-state index in [1.807, 2.05) is 0 Å². The van der Waals surface area contributed by atoms with Gasteiger partial charge in [-0.3, -0.25) is 4.72 Å². The molecule has 8 nitrogen and oxygen atoms in total. The molecule has 218 valence electrons. The lowest BCUT2D eigenvalue weighted by Gasteiger charge is -2.23. The molecule has 0 heterocycles. The topological polar surface area (TPSA) is 117 Å². The maximum Gasteiger partial charge on any atom is 0.387 e. The molecule has 14 heteroatoms. The third kappa shape index (κ3) is 10.0. The van der Waals surface area contributed by atoms with Gasteiger partial charge in [0.05, 0.1) is 18.0 Å². The summed E-state index contributed by atoms with van der Waals surface area (Å²) in [6.07, 6.45) is 0.305. The molecule has 0 aliphatic carbocycles. The SMILES string of the molecule is CS(=O)(=O)Nc1cc(C[C@H](O)CN[C@H](Cc2ccc(Cl)cc2)c2ccc(OC(F)F)c(OC(F)F)c2)ccc1O. The summed E-state index contributed by atoms with van der Waals surface area (Å²) in [5, 5.41) is 24.3. The van der Waals surface area contributed by atoms with Crippen LogP contribution in [-0.4, -0.2) is 50.8 Å². The number of phenolic OH excluding ortho intramolecular Hbond substituents is 1. The molecule has 3 aromatic carbocycles. The van der Waals surface area contributed by atoms with Gasteiger partial charge in [0, 0.05) is 17.6 Å². The molecule has 0 unspecified atom stereocenters. The summed E-state index contributed by atoms with van der Waals surface area (Å²) in [6, 6.07) is 14.1. The number of alkyl halides is 4. The predicted octanol–water partition coefficient (Wildman–Crippen LogP) is 5.10. The Morgan fingerprint density at radius 1 is 0.875 bits per heavy atom. The van der Waals surface area contributed by atoms with Crippen LogP contribution in [0.3, 0.4) is 0 Å². The first-order chi connectivity index (χ1) is 18.8. The minimum Gasteiger partial charge on any atom is -0.506 e. The van der Waals surface area contributed by atoms with Crippen molar-refractivity contribution in [2.45, 2.75) is 38.2 Å². The smallest absolute Gasteiger partial charge is 0.387 e. The van der Waals surface area contributed by atoms with Crippen molar-refractivity contribution >= 4 is 27.3 Å². The van der Waals surface area contributed by atoms with Crippen molar-refractivity contribution in [2.75, 3.05) is 17.5 Å². The van der Waals surface area contributed by atoms with Crippen molar-refractivity contribution in [3.8, 4) is 17.2 Å². The first-order valence-electron chi connectivity index (χ1n) is 11.8. The lowest BCUT2D eigenvalue weighted by atomic mass is 9.97. The van der Waals surface area contributed by atoms with Crippen molar-refractivity contribution in [1.82, 2.24) is 5.32 Å². The Kier molecular flexibility index (Phi) is 10.9. The fourth-order valence-electron chi connectivity index (χ4n) is 3.90. The summed E-state index contributed by atoms with van der Waals surface area (Å²) >= 11 is 5.96. The number of halogens is 5. The van der Waals surface area contributed by atoms with Crippen LogP contribution in [0.4, 0.5) is 23.2 Å². The zero-order valence-electron chi connectivity index (χ0n) is 21.0. The normalized spacial score (nSPS) is 13.3. The third-order valence-corrected chi connectivity index (χ3v) is 6.43. The minimum absolute atomic E-state index is 0.00566. The van der Waals surface area contributed by atoms with E-state index in [-0.39, 0.29) is 24.4 Å². The molecule has 3 aromatic rings. The van der Waals surface area contributed by atoms with Crippen LogP contribution in [0.5, 0.6) is 17.2 Å². The van der Waals surface area contributed by atoms with Gasteiger partial charge in [-0.1, -0.05) is 35.9 Å². The number of aliphatic hydroxyl groups excluding tert-OH is 1. The molecule has 0 aliphatic heterocycles. The molecule has 4 N–H and O–H groups in total. The van der Waals surface area contributed by atoms with Gasteiger partial charge >= 0.3 is 13.2 Å². The summed E-state index contributed by atoms with van der Waals surface area (Å²) in [7, 11) is -3.65. The monoisotopic (exact) mass is 606 g/mol. The number of phenols is 1. The average Bonchev–Trinajstić information content (AvgIpc) is 2.84. The van der Waals surface area contributed by atoms with Crippen LogP contribution in [0.15, 0.2) is 60.7 Å². The Balaban J connectivity index is 1.82. The molecule has 2 atom stereocenters. The van der Waals surface area contributed by atoms with Gasteiger partial charge in [-0.2, -0.15) is 17.6 Å². The molecule has 0 aliphatic rings. The van der Waals surface area contributed by atoms with Crippen molar-refractivity contribution in [2.24, 2.45) is 0 Å². The highest BCUT2D eigenvalue weighted by Gasteiger charge is 2.21. The van der Waals surface area contributed by atoms with Gasteiger partial charge < -0.3 is 25.0 Å². The van der Waals surface area contributed by atoms with E-state index < -0.39 is 46.9 Å². The predicted molar refractivity (Wildman–Crippen MR) is 142 cm³/mol. The first-order valence-corrected chi connectivity index (χ1v) is 14.0. The Hall–Kier alpha value is -3.26. The van der Waals surface area contributed by atoms with Gasteiger partial charge in [-0.05, 0) is 65.9 Å². The van der Waals surface area contributed by atoms with E-state index in [2.05, 4.69) is 19.5 Å². The Bertz CT molecular complexity index is 1380. The first kappa shape index (κ1) is 31.3. The summed E-state index contributed by atoms with van der Waals surface area (Å²) in [6.45, 7) is -6.54. The fourth-order valence-corrected chi connectivity index (χ4v) is 4.59. The van der Waals surface area contributed by atoms with Gasteiger partial charge in [-0.25, -0.2) is 8.42 Å². The zero-order valence-corrected chi connectivity index (χ0v) is 22.6. The van der Waals surface area contributed by atoms with Crippen molar-refractivity contribution in [1.29, 1.82) is 0 Å². The van der Waals surface area contributed by atoms with Crippen molar-refractivity contribution in [3.63, 3.8) is 0 Å². The number of rotatable bonds is 14. The molecular weight excluding hydrogens is 580 g/mol. The molecule has 0 bridgehead atoms. The van der Waals surface area contributed by atoms with Gasteiger partial charge in [0.2, 0.25) is 10.0 Å². The van der Waals surface area contributed by atoms with Crippen LogP contribution in [0.25, 0.3) is 0 Å². The number of hydrogen-bond donors (Lipinski definition) is 4. The molecule has 0 fully saturated rings. The van der Waals surface area contributed by atoms with E-state index in [1.165, 1.54) is 24.3 Å². The second-order valence-corrected chi connectivity index (χ2v) is 11.0. The molecule has 0 aromatic heterocycles. The zero-order chi connectivity index (χ0) is 29.4. The number of anilines is 1. The molecule has 0 spiro atoms. The van der Waals surface area contributed by atoms with Crippen molar-refractivity contribution < 1.29 is 45.7 Å². The summed E-state index contributed by atoms with van der Waals surface area (Å²) in [5.74, 6) is -1.42. The van der Waals surface area contributed by atoms with Gasteiger partial charge in [0.1, 0.15) is 5.75 Å². The number of benzene rings is 3. The number of aliphatic hydroxyl groups is 1. The van der Waals surface area contributed by atoms with E-state index >= 15 is 0 Å². The quantitative estimate of drug-likeness (QED) is 0.149. The van der Waals surface area contributed by atoms with Crippen LogP contribution in [0.2, 0.25) is 5.02 Å². The Labute approximate surface area is 233 Å². The lowest BCUT2D eigenvalue weighted by molar-refractivity contribution is -0.0692. The summed E-state index contributed by atoms with van der Waals surface area (Å²) < 4.78 is 85.5. The molecule has 0 amide bonds. The van der Waals surface area contributed by atoms with E-state index in [0.717, 1.165) is 24.0 Å². The second kappa shape index (κ2) is 13.9. The van der Waals surface area contributed by atoms with Crippen LogP contribution < -0.4 is 19.5 Å².